The Balaban J connectivity index is 0.000000493. The van der Waals surface area contributed by atoms with Gasteiger partial charge in [-0.15, -0.1) is 0 Å². The first-order valence-corrected chi connectivity index (χ1v) is 14.1. The van der Waals surface area contributed by atoms with Crippen LogP contribution in [0.2, 0.25) is 0 Å². The zero-order valence-electron chi connectivity index (χ0n) is 21.6. The van der Waals surface area contributed by atoms with Gasteiger partial charge < -0.3 is 9.67 Å². The first-order chi connectivity index (χ1) is 19.5. The highest BCUT2D eigenvalue weighted by atomic mass is 32.2. The molecule has 4 aromatic carbocycles. The number of carbonyl (C=O) groups is 1. The fraction of sp³-hybridized carbons (Fsp3) is 0.133. The highest BCUT2D eigenvalue weighted by Gasteiger charge is 2.38. The van der Waals surface area contributed by atoms with Crippen LogP contribution in [0.3, 0.4) is 0 Å². The number of sulfonamides is 1. The van der Waals surface area contributed by atoms with Crippen molar-refractivity contribution in [2.24, 2.45) is 0 Å². The van der Waals surface area contributed by atoms with Gasteiger partial charge in [0.25, 0.3) is 0 Å². The van der Waals surface area contributed by atoms with E-state index >= 15 is 0 Å². The molecule has 0 unspecified atom stereocenters. The summed E-state index contributed by atoms with van der Waals surface area (Å²) in [6.45, 7) is 0.699. The number of aliphatic carboxylic acids is 1. The van der Waals surface area contributed by atoms with Crippen molar-refractivity contribution in [3.8, 4) is 11.4 Å². The number of imidazole rings is 1. The molecule has 0 amide bonds. The van der Waals surface area contributed by atoms with Crippen LogP contribution >= 0.6 is 0 Å². The third-order valence-electron chi connectivity index (χ3n) is 6.00. The molecule has 7 nitrogen and oxygen atoms in total. The maximum Gasteiger partial charge on any atom is 0.490 e. The molecule has 0 saturated heterocycles. The molecule has 11 heteroatoms. The lowest BCUT2D eigenvalue weighted by Gasteiger charge is -2.11. The Hall–Kier alpha value is -4.64. The van der Waals surface area contributed by atoms with E-state index in [2.05, 4.69) is 27.5 Å². The van der Waals surface area contributed by atoms with Gasteiger partial charge in [0.15, 0.2) is 0 Å². The molecule has 5 aromatic rings. The van der Waals surface area contributed by atoms with Gasteiger partial charge in [0, 0.05) is 17.8 Å². The Labute approximate surface area is 235 Å². The largest absolute Gasteiger partial charge is 0.490 e. The lowest BCUT2D eigenvalue weighted by atomic mass is 10.2. The average Bonchev–Trinajstić information content (AvgIpc) is 3.31. The molecule has 212 valence electrons. The minimum absolute atomic E-state index is 0.0334. The van der Waals surface area contributed by atoms with Gasteiger partial charge in [0.2, 0.25) is 10.0 Å². The molecule has 5 rings (SSSR count). The maximum atomic E-state index is 12.6. The maximum absolute atomic E-state index is 12.6. The van der Waals surface area contributed by atoms with Gasteiger partial charge in [-0.3, -0.25) is 4.72 Å². The Morgan fingerprint density at radius 2 is 1.34 bits per heavy atom. The fourth-order valence-corrected chi connectivity index (χ4v) is 5.14. The number of carboxylic acid groups (broad SMARTS) is 1. The highest BCUT2D eigenvalue weighted by molar-refractivity contribution is 7.92. The molecule has 0 radical (unpaired) electrons. The van der Waals surface area contributed by atoms with E-state index in [1.165, 1.54) is 5.56 Å². The predicted octanol–water partition coefficient (Wildman–Crippen LogP) is 6.37. The summed E-state index contributed by atoms with van der Waals surface area (Å²) < 4.78 is 61.8. The lowest BCUT2D eigenvalue weighted by molar-refractivity contribution is -0.192. The third kappa shape index (κ3) is 8.18. The van der Waals surface area contributed by atoms with Crippen LogP contribution in [0.1, 0.15) is 11.1 Å². The Morgan fingerprint density at radius 3 is 1.93 bits per heavy atom. The van der Waals surface area contributed by atoms with Crippen LogP contribution in [-0.4, -0.2) is 41.0 Å². The number of fused-ring (bicyclic) bond motifs is 1. The number of benzene rings is 4. The molecule has 0 bridgehead atoms. The minimum atomic E-state index is -5.08. The molecule has 0 atom stereocenters. The van der Waals surface area contributed by atoms with E-state index in [4.69, 9.17) is 14.9 Å². The topological polar surface area (TPSA) is 101 Å². The molecular formula is C30H26F3N3O4S. The van der Waals surface area contributed by atoms with Gasteiger partial charge in [-0.05, 0) is 53.9 Å². The van der Waals surface area contributed by atoms with Crippen molar-refractivity contribution in [2.75, 3.05) is 10.5 Å². The second-order valence-corrected chi connectivity index (χ2v) is 10.9. The van der Waals surface area contributed by atoms with Gasteiger partial charge in [-0.1, -0.05) is 72.8 Å². The number of hydrogen-bond acceptors (Lipinski definition) is 4. The summed E-state index contributed by atoms with van der Waals surface area (Å²) >= 11 is 0. The summed E-state index contributed by atoms with van der Waals surface area (Å²) in [7, 11) is -3.45. The summed E-state index contributed by atoms with van der Waals surface area (Å²) in [5.74, 6) is -1.87. The van der Waals surface area contributed by atoms with E-state index in [-0.39, 0.29) is 5.75 Å². The fourth-order valence-electron chi connectivity index (χ4n) is 4.04. The van der Waals surface area contributed by atoms with E-state index in [9.17, 15) is 21.6 Å². The molecule has 1 aromatic heterocycles. The number of alkyl halides is 3. The van der Waals surface area contributed by atoms with E-state index in [0.717, 1.165) is 28.0 Å². The number of aromatic nitrogens is 2. The number of nitrogens with one attached hydrogen (secondary N) is 1. The number of nitrogens with zero attached hydrogens (tertiary/aromatic N) is 2. The van der Waals surface area contributed by atoms with Crippen molar-refractivity contribution >= 4 is 32.7 Å². The number of carboxylic acids is 1. The summed E-state index contributed by atoms with van der Waals surface area (Å²) in [6, 6.07) is 35.4. The molecule has 0 aliphatic carbocycles. The van der Waals surface area contributed by atoms with Gasteiger partial charge in [0.1, 0.15) is 5.82 Å². The number of halogens is 3. The molecule has 1 heterocycles. The van der Waals surface area contributed by atoms with Gasteiger partial charge in [0.05, 0.1) is 16.8 Å². The van der Waals surface area contributed by atoms with Crippen LogP contribution in [0.5, 0.6) is 0 Å². The minimum Gasteiger partial charge on any atom is -0.475 e. The van der Waals surface area contributed by atoms with Crippen molar-refractivity contribution in [1.29, 1.82) is 0 Å². The van der Waals surface area contributed by atoms with Crippen LogP contribution < -0.4 is 4.72 Å². The van der Waals surface area contributed by atoms with Crippen molar-refractivity contribution in [3.63, 3.8) is 0 Å². The summed E-state index contributed by atoms with van der Waals surface area (Å²) in [5, 5.41) is 7.12. The summed E-state index contributed by atoms with van der Waals surface area (Å²) in [5.41, 5.74) is 5.66. The standard InChI is InChI=1S/C28H25N3O2S.C2HF3O2/c32-34(33,20-19-22-9-3-1-4-10-22)30-25-17-15-24(16-18-25)28-29-26-13-7-8-14-27(26)31(28)21-23-11-5-2-6-12-23;3-2(4,5)1(6)7/h1-18,30H,19-21H2;(H,6,7). The van der Waals surface area contributed by atoms with Crippen LogP contribution in [0, 0.1) is 0 Å². The first-order valence-electron chi connectivity index (χ1n) is 12.5. The zero-order chi connectivity index (χ0) is 29.5. The smallest absolute Gasteiger partial charge is 0.475 e. The Morgan fingerprint density at radius 1 is 0.805 bits per heavy atom. The van der Waals surface area contributed by atoms with E-state index < -0.39 is 22.2 Å². The third-order valence-corrected chi connectivity index (χ3v) is 7.29. The molecule has 0 spiro atoms. The molecule has 0 fully saturated rings. The lowest BCUT2D eigenvalue weighted by Crippen LogP contribution is -2.21. The predicted molar refractivity (Wildman–Crippen MR) is 152 cm³/mol. The molecule has 0 aliphatic rings. The number of anilines is 1. The molecule has 2 N–H and O–H groups in total. The van der Waals surface area contributed by atoms with Gasteiger partial charge >= 0.3 is 12.1 Å². The monoisotopic (exact) mass is 581 g/mol. The second kappa shape index (κ2) is 12.7. The van der Waals surface area contributed by atoms with Crippen LogP contribution in [0.15, 0.2) is 109 Å². The quantitative estimate of drug-likeness (QED) is 0.222. The summed E-state index contributed by atoms with van der Waals surface area (Å²) in [4.78, 5) is 13.8. The molecular weight excluding hydrogens is 555 g/mol. The van der Waals surface area contributed by atoms with E-state index in [1.54, 1.807) is 12.1 Å². The molecule has 0 saturated carbocycles. The normalized spacial score (nSPS) is 11.5. The van der Waals surface area contributed by atoms with Crippen LogP contribution in [0.4, 0.5) is 18.9 Å². The van der Waals surface area contributed by atoms with E-state index in [0.29, 0.717) is 18.7 Å². The summed E-state index contributed by atoms with van der Waals surface area (Å²) in [6.07, 6.45) is -4.61. The van der Waals surface area contributed by atoms with E-state index in [1.807, 2.05) is 78.9 Å². The number of rotatable bonds is 8. The Bertz CT molecular complexity index is 1710. The highest BCUT2D eigenvalue weighted by Crippen LogP contribution is 2.27. The molecule has 0 aliphatic heterocycles. The van der Waals surface area contributed by atoms with Crippen molar-refractivity contribution in [3.05, 3.63) is 120 Å². The first kappa shape index (κ1) is 29.3. The van der Waals surface area contributed by atoms with Crippen LogP contribution in [-0.2, 0) is 27.8 Å². The van der Waals surface area contributed by atoms with Crippen molar-refractivity contribution in [2.45, 2.75) is 19.1 Å². The Kier molecular flexibility index (Phi) is 9.08. The second-order valence-electron chi connectivity index (χ2n) is 9.03. The number of para-hydroxylation sites is 2. The molecule has 41 heavy (non-hydrogen) atoms. The van der Waals surface area contributed by atoms with Gasteiger partial charge in [-0.25, -0.2) is 18.2 Å². The SMILES string of the molecule is O=C(O)C(F)(F)F.O=S(=O)(CCc1ccccc1)Nc1ccc(-c2nc3ccccc3n2Cc2ccccc2)cc1. The average molecular weight is 582 g/mol. The van der Waals surface area contributed by atoms with Gasteiger partial charge in [-0.2, -0.15) is 13.2 Å². The van der Waals surface area contributed by atoms with Crippen LogP contribution in [0.25, 0.3) is 22.4 Å². The number of hydrogen-bond donors (Lipinski definition) is 2. The number of aryl methyl sites for hydroxylation is 1. The zero-order valence-corrected chi connectivity index (χ0v) is 22.4. The van der Waals surface area contributed by atoms with Crippen molar-refractivity contribution < 1.29 is 31.5 Å². The van der Waals surface area contributed by atoms with Crippen molar-refractivity contribution in [1.82, 2.24) is 9.55 Å².